The lowest BCUT2D eigenvalue weighted by Gasteiger charge is -2.34. The van der Waals surface area contributed by atoms with E-state index in [0.29, 0.717) is 12.6 Å². The van der Waals surface area contributed by atoms with Crippen LogP contribution in [0, 0.1) is 0 Å². The van der Waals surface area contributed by atoms with E-state index in [4.69, 9.17) is 0 Å². The monoisotopic (exact) mass is 273 g/mol. The number of ketones is 1. The maximum absolute atomic E-state index is 12.4. The summed E-state index contributed by atoms with van der Waals surface area (Å²) in [5, 5.41) is 0. The first kappa shape index (κ1) is 15.2. The first-order valence-corrected chi connectivity index (χ1v) is 8.10. The van der Waals surface area contributed by atoms with Crippen LogP contribution in [-0.2, 0) is 6.42 Å². The van der Waals surface area contributed by atoms with Gasteiger partial charge in [0, 0.05) is 11.6 Å². The van der Waals surface area contributed by atoms with Gasteiger partial charge in [0.25, 0.3) is 0 Å². The fourth-order valence-electron chi connectivity index (χ4n) is 3.15. The van der Waals surface area contributed by atoms with Gasteiger partial charge < -0.3 is 0 Å². The van der Waals surface area contributed by atoms with E-state index in [0.717, 1.165) is 31.4 Å². The van der Waals surface area contributed by atoms with E-state index >= 15 is 0 Å². The van der Waals surface area contributed by atoms with Crippen LogP contribution in [0.5, 0.6) is 0 Å². The molecule has 1 unspecified atom stereocenters. The second-order valence-electron chi connectivity index (χ2n) is 5.90. The first-order chi connectivity index (χ1) is 9.74. The molecule has 1 aromatic carbocycles. The number of carbonyl (C=O) groups is 1. The summed E-state index contributed by atoms with van der Waals surface area (Å²) in [5.41, 5.74) is 2.19. The Kier molecular flexibility index (Phi) is 5.78. The zero-order valence-electron chi connectivity index (χ0n) is 12.9. The van der Waals surface area contributed by atoms with E-state index in [2.05, 4.69) is 30.9 Å². The van der Waals surface area contributed by atoms with Gasteiger partial charge in [-0.05, 0) is 37.8 Å². The molecule has 0 aromatic heterocycles. The molecule has 1 atom stereocenters. The number of carbonyl (C=O) groups excluding carboxylic acids is 1. The van der Waals surface area contributed by atoms with Gasteiger partial charge in [0.1, 0.15) is 0 Å². The third-order valence-electron chi connectivity index (χ3n) is 4.38. The van der Waals surface area contributed by atoms with Crippen LogP contribution in [0.4, 0.5) is 0 Å². The molecule has 1 aromatic rings. The van der Waals surface area contributed by atoms with Crippen LogP contribution in [-0.4, -0.2) is 29.8 Å². The van der Waals surface area contributed by atoms with Gasteiger partial charge in [0.05, 0.1) is 6.54 Å². The molecule has 20 heavy (non-hydrogen) atoms. The smallest absolute Gasteiger partial charge is 0.176 e. The number of likely N-dealkylation sites (tertiary alicyclic amines) is 1. The second kappa shape index (κ2) is 7.58. The van der Waals surface area contributed by atoms with Gasteiger partial charge in [-0.25, -0.2) is 0 Å². The van der Waals surface area contributed by atoms with Gasteiger partial charge in [-0.15, -0.1) is 0 Å². The Morgan fingerprint density at radius 2 is 1.95 bits per heavy atom. The second-order valence-corrected chi connectivity index (χ2v) is 5.90. The van der Waals surface area contributed by atoms with E-state index in [-0.39, 0.29) is 5.78 Å². The third kappa shape index (κ3) is 3.92. The summed E-state index contributed by atoms with van der Waals surface area (Å²) in [6.45, 7) is 6.08. The Morgan fingerprint density at radius 1 is 1.20 bits per heavy atom. The molecule has 2 heteroatoms. The molecule has 110 valence electrons. The highest BCUT2D eigenvalue weighted by Crippen LogP contribution is 2.20. The molecule has 1 aliphatic heterocycles. The summed E-state index contributed by atoms with van der Waals surface area (Å²) in [4.78, 5) is 14.8. The molecule has 2 rings (SSSR count). The first-order valence-electron chi connectivity index (χ1n) is 8.10. The molecule has 1 fully saturated rings. The van der Waals surface area contributed by atoms with Gasteiger partial charge in [-0.3, -0.25) is 9.69 Å². The summed E-state index contributed by atoms with van der Waals surface area (Å²) < 4.78 is 0. The average Bonchev–Trinajstić information content (AvgIpc) is 2.49. The zero-order chi connectivity index (χ0) is 14.4. The Labute approximate surface area is 123 Å². The highest BCUT2D eigenvalue weighted by Gasteiger charge is 2.23. The zero-order valence-corrected chi connectivity index (χ0v) is 12.9. The van der Waals surface area contributed by atoms with Crippen LogP contribution in [0.15, 0.2) is 24.3 Å². The van der Waals surface area contributed by atoms with Crippen molar-refractivity contribution in [2.24, 2.45) is 0 Å². The van der Waals surface area contributed by atoms with E-state index < -0.39 is 0 Å². The summed E-state index contributed by atoms with van der Waals surface area (Å²) in [6, 6.07) is 8.80. The molecule has 0 N–H and O–H groups in total. The number of rotatable bonds is 6. The average molecular weight is 273 g/mol. The Hall–Kier alpha value is -1.15. The minimum absolute atomic E-state index is 0.272. The Bertz CT molecular complexity index is 424. The normalized spacial score (nSPS) is 20.0. The number of Topliss-reactive ketones (excluding diaryl/α,β-unsaturated/α-hetero) is 1. The van der Waals surface area contributed by atoms with E-state index in [1.54, 1.807) is 0 Å². The van der Waals surface area contributed by atoms with Crippen molar-refractivity contribution >= 4 is 5.78 Å². The molecule has 0 aliphatic carbocycles. The van der Waals surface area contributed by atoms with Gasteiger partial charge in [0.2, 0.25) is 0 Å². The Morgan fingerprint density at radius 3 is 2.60 bits per heavy atom. The van der Waals surface area contributed by atoms with Crippen molar-refractivity contribution < 1.29 is 4.79 Å². The van der Waals surface area contributed by atoms with Crippen molar-refractivity contribution in [3.05, 3.63) is 35.4 Å². The number of piperidine rings is 1. The molecule has 2 nitrogen and oxygen atoms in total. The SMILES string of the molecule is CCCc1ccc(C(=O)CN2CCCCC2CC)cc1. The van der Waals surface area contributed by atoms with Crippen molar-refractivity contribution in [2.75, 3.05) is 13.1 Å². The highest BCUT2D eigenvalue weighted by atomic mass is 16.1. The summed E-state index contributed by atoms with van der Waals surface area (Å²) in [7, 11) is 0. The topological polar surface area (TPSA) is 20.3 Å². The van der Waals surface area contributed by atoms with Crippen LogP contribution in [0.25, 0.3) is 0 Å². The van der Waals surface area contributed by atoms with E-state index in [9.17, 15) is 4.79 Å². The summed E-state index contributed by atoms with van der Waals surface area (Å²) in [6.07, 6.45) is 7.20. The molecule has 0 saturated carbocycles. The maximum Gasteiger partial charge on any atom is 0.176 e. The lowest BCUT2D eigenvalue weighted by Crippen LogP contribution is -2.42. The van der Waals surface area contributed by atoms with Crippen LogP contribution in [0.1, 0.15) is 61.9 Å². The molecule has 0 amide bonds. The summed E-state index contributed by atoms with van der Waals surface area (Å²) >= 11 is 0. The largest absolute Gasteiger partial charge is 0.293 e. The van der Waals surface area contributed by atoms with Crippen LogP contribution in [0.3, 0.4) is 0 Å². The van der Waals surface area contributed by atoms with Crippen molar-refractivity contribution in [3.63, 3.8) is 0 Å². The maximum atomic E-state index is 12.4. The predicted molar refractivity (Wildman–Crippen MR) is 84.3 cm³/mol. The van der Waals surface area contributed by atoms with Crippen LogP contribution in [0.2, 0.25) is 0 Å². The van der Waals surface area contributed by atoms with Gasteiger partial charge in [0.15, 0.2) is 5.78 Å². The van der Waals surface area contributed by atoms with Crippen molar-refractivity contribution in [2.45, 2.75) is 58.4 Å². The number of nitrogens with zero attached hydrogens (tertiary/aromatic N) is 1. The fraction of sp³-hybridized carbons (Fsp3) is 0.611. The third-order valence-corrected chi connectivity index (χ3v) is 4.38. The minimum atomic E-state index is 0.272. The van der Waals surface area contributed by atoms with E-state index in [1.807, 2.05) is 12.1 Å². The summed E-state index contributed by atoms with van der Waals surface area (Å²) in [5.74, 6) is 0.272. The molecule has 1 aliphatic rings. The molecule has 1 saturated heterocycles. The van der Waals surface area contributed by atoms with Gasteiger partial charge >= 0.3 is 0 Å². The molecular weight excluding hydrogens is 246 g/mol. The number of hydrogen-bond acceptors (Lipinski definition) is 2. The van der Waals surface area contributed by atoms with Crippen molar-refractivity contribution in [3.8, 4) is 0 Å². The highest BCUT2D eigenvalue weighted by molar-refractivity contribution is 5.97. The van der Waals surface area contributed by atoms with Crippen molar-refractivity contribution in [1.82, 2.24) is 4.90 Å². The van der Waals surface area contributed by atoms with Crippen molar-refractivity contribution in [1.29, 1.82) is 0 Å². The molecule has 0 bridgehead atoms. The predicted octanol–water partition coefficient (Wildman–Crippen LogP) is 4.09. The van der Waals surface area contributed by atoms with E-state index in [1.165, 1.54) is 24.8 Å². The number of hydrogen-bond donors (Lipinski definition) is 0. The lowest BCUT2D eigenvalue weighted by molar-refractivity contribution is 0.0838. The number of benzene rings is 1. The fourth-order valence-corrected chi connectivity index (χ4v) is 3.15. The molecular formula is C18H27NO. The standard InChI is InChI=1S/C18H27NO/c1-3-7-15-9-11-16(12-10-15)18(20)14-19-13-6-5-8-17(19)4-2/h9-12,17H,3-8,13-14H2,1-2H3. The van der Waals surface area contributed by atoms with Crippen LogP contribution < -0.4 is 0 Å². The van der Waals surface area contributed by atoms with Crippen LogP contribution >= 0.6 is 0 Å². The molecule has 0 spiro atoms. The minimum Gasteiger partial charge on any atom is -0.293 e. The molecule has 1 heterocycles. The number of aryl methyl sites for hydroxylation is 1. The van der Waals surface area contributed by atoms with Gasteiger partial charge in [-0.2, -0.15) is 0 Å². The Balaban J connectivity index is 1.96. The quantitative estimate of drug-likeness (QED) is 0.728. The lowest BCUT2D eigenvalue weighted by atomic mass is 9.98. The molecule has 0 radical (unpaired) electrons. The van der Waals surface area contributed by atoms with Gasteiger partial charge in [-0.1, -0.05) is 51.0 Å².